The van der Waals surface area contributed by atoms with Crippen LogP contribution >= 0.6 is 0 Å². The molecule has 21 heavy (non-hydrogen) atoms. The summed E-state index contributed by atoms with van der Waals surface area (Å²) in [4.78, 5) is 8.61. The van der Waals surface area contributed by atoms with Crippen molar-refractivity contribution >= 4 is 23.0 Å². The smallest absolute Gasteiger partial charge is 0.192 e. The molecule has 5 nitrogen and oxygen atoms in total. The van der Waals surface area contributed by atoms with Crippen LogP contribution in [0.5, 0.6) is 11.5 Å². The number of methoxy groups -OCH3 is 1. The van der Waals surface area contributed by atoms with Gasteiger partial charge in [0.25, 0.3) is 0 Å². The van der Waals surface area contributed by atoms with Crippen molar-refractivity contribution in [3.8, 4) is 11.5 Å². The zero-order chi connectivity index (χ0) is 14.8. The second kappa shape index (κ2) is 5.28. The van der Waals surface area contributed by atoms with E-state index in [4.69, 9.17) is 9.15 Å². The summed E-state index contributed by atoms with van der Waals surface area (Å²) < 4.78 is 10.5. The van der Waals surface area contributed by atoms with Crippen LogP contribution in [0.15, 0.2) is 45.8 Å². The van der Waals surface area contributed by atoms with E-state index in [1.807, 2.05) is 18.2 Å². The molecule has 0 saturated heterocycles. The van der Waals surface area contributed by atoms with E-state index in [9.17, 15) is 5.11 Å². The molecule has 0 atom stereocenters. The molecule has 0 fully saturated rings. The lowest BCUT2D eigenvalue weighted by Crippen LogP contribution is -1.88. The number of hydrogen-bond donors (Lipinski definition) is 1. The van der Waals surface area contributed by atoms with E-state index in [0.29, 0.717) is 17.2 Å². The number of aryl methyl sites for hydroxylation is 1. The van der Waals surface area contributed by atoms with Crippen LogP contribution < -0.4 is 4.74 Å². The van der Waals surface area contributed by atoms with Gasteiger partial charge in [0.2, 0.25) is 0 Å². The van der Waals surface area contributed by atoms with Crippen molar-refractivity contribution in [2.24, 2.45) is 4.99 Å². The van der Waals surface area contributed by atoms with Crippen molar-refractivity contribution in [2.45, 2.75) is 6.92 Å². The molecule has 1 aromatic heterocycles. The molecule has 106 valence electrons. The highest BCUT2D eigenvalue weighted by atomic mass is 16.5. The Balaban J connectivity index is 1.94. The summed E-state index contributed by atoms with van der Waals surface area (Å²) >= 11 is 0. The van der Waals surface area contributed by atoms with Gasteiger partial charge in [-0.25, -0.2) is 4.98 Å². The molecule has 3 rings (SSSR count). The van der Waals surface area contributed by atoms with Crippen molar-refractivity contribution in [3.63, 3.8) is 0 Å². The first kappa shape index (κ1) is 13.2. The molecule has 0 bridgehead atoms. The van der Waals surface area contributed by atoms with Gasteiger partial charge in [0.05, 0.1) is 12.8 Å². The largest absolute Gasteiger partial charge is 0.504 e. The number of benzene rings is 2. The lowest BCUT2D eigenvalue weighted by molar-refractivity contribution is 0.373. The van der Waals surface area contributed by atoms with Crippen LogP contribution in [-0.2, 0) is 0 Å². The third-order valence-corrected chi connectivity index (χ3v) is 3.08. The molecule has 2 aromatic carbocycles. The van der Waals surface area contributed by atoms with Crippen molar-refractivity contribution in [2.75, 3.05) is 7.11 Å². The van der Waals surface area contributed by atoms with Gasteiger partial charge >= 0.3 is 0 Å². The van der Waals surface area contributed by atoms with Gasteiger partial charge in [0, 0.05) is 18.7 Å². The zero-order valence-corrected chi connectivity index (χ0v) is 11.7. The second-order valence-electron chi connectivity index (χ2n) is 4.54. The van der Waals surface area contributed by atoms with Crippen LogP contribution in [0.3, 0.4) is 0 Å². The van der Waals surface area contributed by atoms with Crippen LogP contribution in [0.4, 0.5) is 5.69 Å². The van der Waals surface area contributed by atoms with Gasteiger partial charge in [-0.3, -0.25) is 4.99 Å². The highest BCUT2D eigenvalue weighted by molar-refractivity contribution is 5.87. The Labute approximate surface area is 121 Å². The second-order valence-corrected chi connectivity index (χ2v) is 4.54. The fourth-order valence-electron chi connectivity index (χ4n) is 2.06. The lowest BCUT2D eigenvalue weighted by atomic mass is 10.2. The van der Waals surface area contributed by atoms with Crippen molar-refractivity contribution in [1.29, 1.82) is 0 Å². The fraction of sp³-hybridized carbons (Fsp3) is 0.125. The molecule has 0 radical (unpaired) electrons. The maximum atomic E-state index is 10.00. The van der Waals surface area contributed by atoms with Gasteiger partial charge in [0.15, 0.2) is 23.0 Å². The third-order valence-electron chi connectivity index (χ3n) is 3.08. The van der Waals surface area contributed by atoms with Crippen molar-refractivity contribution in [3.05, 3.63) is 47.9 Å². The quantitative estimate of drug-likeness (QED) is 0.745. The first-order chi connectivity index (χ1) is 10.2. The normalized spacial score (nSPS) is 11.3. The number of aliphatic imine (C=N–C) groups is 1. The highest BCUT2D eigenvalue weighted by Crippen LogP contribution is 2.29. The first-order valence-electron chi connectivity index (χ1n) is 6.44. The number of ether oxygens (including phenoxy) is 1. The minimum atomic E-state index is 0.0714. The number of para-hydroxylation sites is 1. The number of nitrogens with zero attached hydrogens (tertiary/aromatic N) is 2. The Morgan fingerprint density at radius 2 is 2.14 bits per heavy atom. The summed E-state index contributed by atoms with van der Waals surface area (Å²) in [5, 5.41) is 10.00. The zero-order valence-electron chi connectivity index (χ0n) is 11.7. The molecule has 3 aromatic rings. The SMILES string of the molecule is COc1cccc(C=Nc2ccc3oc(C)nc3c2)c1O. The minimum Gasteiger partial charge on any atom is -0.504 e. The summed E-state index contributed by atoms with van der Waals surface area (Å²) in [6.07, 6.45) is 1.59. The number of rotatable bonds is 3. The van der Waals surface area contributed by atoms with E-state index < -0.39 is 0 Å². The number of oxazole rings is 1. The first-order valence-corrected chi connectivity index (χ1v) is 6.44. The highest BCUT2D eigenvalue weighted by Gasteiger charge is 2.05. The van der Waals surface area contributed by atoms with Gasteiger partial charge in [-0.1, -0.05) is 6.07 Å². The molecule has 0 aliphatic heterocycles. The summed E-state index contributed by atoms with van der Waals surface area (Å²) in [6, 6.07) is 10.7. The predicted octanol–water partition coefficient (Wildman–Crippen LogP) is 3.60. The number of hydrogen-bond acceptors (Lipinski definition) is 5. The van der Waals surface area contributed by atoms with E-state index in [1.54, 1.807) is 31.3 Å². The lowest BCUT2D eigenvalue weighted by Gasteiger charge is -2.04. The van der Waals surface area contributed by atoms with E-state index in [-0.39, 0.29) is 5.75 Å². The summed E-state index contributed by atoms with van der Waals surface area (Å²) in [5.41, 5.74) is 2.82. The molecular formula is C16H14N2O3. The van der Waals surface area contributed by atoms with E-state index in [0.717, 1.165) is 16.8 Å². The van der Waals surface area contributed by atoms with Gasteiger partial charge in [-0.2, -0.15) is 0 Å². The molecule has 0 aliphatic carbocycles. The molecule has 0 spiro atoms. The number of aromatic nitrogens is 1. The Morgan fingerprint density at radius 3 is 2.95 bits per heavy atom. The number of phenols is 1. The van der Waals surface area contributed by atoms with E-state index >= 15 is 0 Å². The maximum Gasteiger partial charge on any atom is 0.192 e. The molecule has 5 heteroatoms. The number of phenolic OH excluding ortho intramolecular Hbond substituents is 1. The van der Waals surface area contributed by atoms with E-state index in [1.165, 1.54) is 7.11 Å². The van der Waals surface area contributed by atoms with Gasteiger partial charge in [0.1, 0.15) is 5.52 Å². The van der Waals surface area contributed by atoms with Crippen molar-refractivity contribution in [1.82, 2.24) is 4.98 Å². The van der Waals surface area contributed by atoms with Crippen LogP contribution in [0.25, 0.3) is 11.1 Å². The molecule has 0 saturated carbocycles. The van der Waals surface area contributed by atoms with Crippen molar-refractivity contribution < 1.29 is 14.3 Å². The minimum absolute atomic E-state index is 0.0714. The predicted molar refractivity (Wildman–Crippen MR) is 80.7 cm³/mol. The average Bonchev–Trinajstić information content (AvgIpc) is 2.85. The summed E-state index contributed by atoms with van der Waals surface area (Å²) in [6.45, 7) is 1.80. The van der Waals surface area contributed by atoms with Gasteiger partial charge in [-0.05, 0) is 30.3 Å². The van der Waals surface area contributed by atoms with Gasteiger partial charge < -0.3 is 14.3 Å². The average molecular weight is 282 g/mol. The monoisotopic (exact) mass is 282 g/mol. The van der Waals surface area contributed by atoms with Gasteiger partial charge in [-0.15, -0.1) is 0 Å². The Bertz CT molecular complexity index is 822. The fourth-order valence-corrected chi connectivity index (χ4v) is 2.06. The number of fused-ring (bicyclic) bond motifs is 1. The van der Waals surface area contributed by atoms with Crippen LogP contribution in [0.2, 0.25) is 0 Å². The molecule has 0 aliphatic rings. The van der Waals surface area contributed by atoms with Crippen LogP contribution in [-0.4, -0.2) is 23.4 Å². The number of aromatic hydroxyl groups is 1. The van der Waals surface area contributed by atoms with Crippen LogP contribution in [0, 0.1) is 6.92 Å². The molecule has 0 unspecified atom stereocenters. The Kier molecular flexibility index (Phi) is 3.31. The maximum absolute atomic E-state index is 10.00. The Morgan fingerprint density at radius 1 is 1.29 bits per heavy atom. The van der Waals surface area contributed by atoms with E-state index in [2.05, 4.69) is 9.98 Å². The summed E-state index contributed by atoms with van der Waals surface area (Å²) in [5.74, 6) is 1.11. The third kappa shape index (κ3) is 2.58. The topological polar surface area (TPSA) is 67.9 Å². The summed E-state index contributed by atoms with van der Waals surface area (Å²) in [7, 11) is 1.51. The molecular weight excluding hydrogens is 268 g/mol. The van der Waals surface area contributed by atoms with Crippen LogP contribution in [0.1, 0.15) is 11.5 Å². The molecule has 0 amide bonds. The molecule has 1 N–H and O–H groups in total. The standard InChI is InChI=1S/C16H14N2O3/c1-10-18-13-8-12(6-7-14(13)21-10)17-9-11-4-3-5-15(20-2)16(11)19/h3-9,19H,1-2H3. The molecule has 1 heterocycles. The Hall–Kier alpha value is -2.82.